The molecule has 194 valence electrons. The largest absolute Gasteiger partial charge is 0.394 e. The van der Waals surface area contributed by atoms with Crippen LogP contribution in [0.2, 0.25) is 0 Å². The molecule has 0 aliphatic rings. The van der Waals surface area contributed by atoms with Crippen LogP contribution in [0.1, 0.15) is 129 Å². The molecule has 32 heavy (non-hydrogen) atoms. The SMILES string of the molecule is CCCCCCCCCCC(CO)OCC(O)COC(CO)CCCCCCCCCC. The van der Waals surface area contributed by atoms with E-state index in [0.29, 0.717) is 0 Å². The molecule has 5 nitrogen and oxygen atoms in total. The number of hydrogen-bond acceptors (Lipinski definition) is 5. The van der Waals surface area contributed by atoms with Gasteiger partial charge in [-0.3, -0.25) is 0 Å². The second kappa shape index (κ2) is 25.4. The van der Waals surface area contributed by atoms with Gasteiger partial charge in [0.25, 0.3) is 0 Å². The first-order valence-electron chi connectivity index (χ1n) is 13.8. The molecule has 5 heteroatoms. The fraction of sp³-hybridized carbons (Fsp3) is 1.00. The Hall–Kier alpha value is -0.200. The topological polar surface area (TPSA) is 79.2 Å². The first kappa shape index (κ1) is 31.8. The predicted molar refractivity (Wildman–Crippen MR) is 134 cm³/mol. The number of ether oxygens (including phenoxy) is 2. The van der Waals surface area contributed by atoms with E-state index in [2.05, 4.69) is 13.8 Å². The summed E-state index contributed by atoms with van der Waals surface area (Å²) in [5.74, 6) is 0. The Morgan fingerprint density at radius 2 is 0.812 bits per heavy atom. The van der Waals surface area contributed by atoms with E-state index in [0.717, 1.165) is 25.7 Å². The van der Waals surface area contributed by atoms with Crippen molar-refractivity contribution in [2.75, 3.05) is 26.4 Å². The highest BCUT2D eigenvalue weighted by Gasteiger charge is 2.14. The molecule has 0 aromatic carbocycles. The molecule has 0 saturated heterocycles. The summed E-state index contributed by atoms with van der Waals surface area (Å²) in [5, 5.41) is 29.2. The lowest BCUT2D eigenvalue weighted by atomic mass is 10.1. The lowest BCUT2D eigenvalue weighted by Gasteiger charge is -2.21. The molecule has 0 fully saturated rings. The van der Waals surface area contributed by atoms with Gasteiger partial charge in [0.2, 0.25) is 0 Å². The minimum atomic E-state index is -0.727. The van der Waals surface area contributed by atoms with Crippen molar-refractivity contribution in [1.29, 1.82) is 0 Å². The first-order valence-corrected chi connectivity index (χ1v) is 13.8. The third kappa shape index (κ3) is 21.6. The summed E-state index contributed by atoms with van der Waals surface area (Å²) in [5.41, 5.74) is 0. The van der Waals surface area contributed by atoms with Crippen LogP contribution in [0, 0.1) is 0 Å². The molecule has 0 aromatic rings. The van der Waals surface area contributed by atoms with E-state index in [4.69, 9.17) is 9.47 Å². The fourth-order valence-corrected chi connectivity index (χ4v) is 4.01. The van der Waals surface area contributed by atoms with Crippen molar-refractivity contribution in [2.24, 2.45) is 0 Å². The summed E-state index contributed by atoms with van der Waals surface area (Å²) in [6, 6.07) is 0. The van der Waals surface area contributed by atoms with Crippen LogP contribution < -0.4 is 0 Å². The molecule has 0 heterocycles. The van der Waals surface area contributed by atoms with Crippen molar-refractivity contribution < 1.29 is 24.8 Å². The highest BCUT2D eigenvalue weighted by Crippen LogP contribution is 2.14. The third-order valence-corrected chi connectivity index (χ3v) is 6.22. The number of unbranched alkanes of at least 4 members (excludes halogenated alkanes) is 14. The maximum Gasteiger partial charge on any atom is 0.101 e. The molecule has 2 unspecified atom stereocenters. The lowest BCUT2D eigenvalue weighted by Crippen LogP contribution is -2.30. The van der Waals surface area contributed by atoms with Gasteiger partial charge < -0.3 is 24.8 Å². The Morgan fingerprint density at radius 1 is 0.500 bits per heavy atom. The molecular formula is C27H56O5. The number of aliphatic hydroxyl groups excluding tert-OH is 3. The number of aliphatic hydroxyl groups is 3. The van der Waals surface area contributed by atoms with Crippen LogP contribution in [-0.2, 0) is 9.47 Å². The van der Waals surface area contributed by atoms with Gasteiger partial charge in [0, 0.05) is 0 Å². The van der Waals surface area contributed by atoms with Crippen LogP contribution in [0.25, 0.3) is 0 Å². The highest BCUT2D eigenvalue weighted by molar-refractivity contribution is 4.63. The molecule has 0 rings (SSSR count). The molecule has 2 atom stereocenters. The van der Waals surface area contributed by atoms with E-state index in [1.54, 1.807) is 0 Å². The van der Waals surface area contributed by atoms with Crippen LogP contribution in [-0.4, -0.2) is 60.1 Å². The van der Waals surface area contributed by atoms with E-state index in [-0.39, 0.29) is 38.6 Å². The quantitative estimate of drug-likeness (QED) is 0.135. The Bertz CT molecular complexity index is 321. The Labute approximate surface area is 199 Å². The van der Waals surface area contributed by atoms with Crippen molar-refractivity contribution in [3.63, 3.8) is 0 Å². The minimum Gasteiger partial charge on any atom is -0.394 e. The van der Waals surface area contributed by atoms with Crippen LogP contribution in [0.4, 0.5) is 0 Å². The highest BCUT2D eigenvalue weighted by atomic mass is 16.5. The molecule has 0 aromatic heterocycles. The van der Waals surface area contributed by atoms with Gasteiger partial charge in [-0.05, 0) is 12.8 Å². The van der Waals surface area contributed by atoms with Gasteiger partial charge in [-0.15, -0.1) is 0 Å². The van der Waals surface area contributed by atoms with Gasteiger partial charge in [0.05, 0.1) is 38.6 Å². The Morgan fingerprint density at radius 3 is 1.12 bits per heavy atom. The molecule has 0 aliphatic carbocycles. The maximum absolute atomic E-state index is 10.1. The van der Waals surface area contributed by atoms with Gasteiger partial charge in [0.15, 0.2) is 0 Å². The van der Waals surface area contributed by atoms with E-state index in [9.17, 15) is 15.3 Å². The van der Waals surface area contributed by atoms with Crippen LogP contribution >= 0.6 is 0 Å². The van der Waals surface area contributed by atoms with E-state index in [1.165, 1.54) is 89.9 Å². The molecule has 0 radical (unpaired) electrons. The smallest absolute Gasteiger partial charge is 0.101 e. The predicted octanol–water partition coefficient (Wildman–Crippen LogP) is 6.16. The van der Waals surface area contributed by atoms with Crippen LogP contribution in [0.15, 0.2) is 0 Å². The zero-order valence-corrected chi connectivity index (χ0v) is 21.4. The minimum absolute atomic E-state index is 0.0121. The van der Waals surface area contributed by atoms with Crippen molar-refractivity contribution in [3.8, 4) is 0 Å². The standard InChI is InChI=1S/C27H56O5/c1-3-5-7-9-11-13-15-17-19-26(21-28)31-23-25(30)24-32-27(22-29)20-18-16-14-12-10-8-6-4-2/h25-30H,3-24H2,1-2H3. The number of hydrogen-bond donors (Lipinski definition) is 3. The monoisotopic (exact) mass is 460 g/mol. The average Bonchev–Trinajstić information content (AvgIpc) is 2.81. The molecule has 0 bridgehead atoms. The van der Waals surface area contributed by atoms with Gasteiger partial charge in [-0.25, -0.2) is 0 Å². The summed E-state index contributed by atoms with van der Waals surface area (Å²) in [7, 11) is 0. The second-order valence-corrected chi connectivity index (χ2v) is 9.46. The summed E-state index contributed by atoms with van der Waals surface area (Å²) < 4.78 is 11.4. The summed E-state index contributed by atoms with van der Waals surface area (Å²) >= 11 is 0. The van der Waals surface area contributed by atoms with Crippen molar-refractivity contribution in [2.45, 2.75) is 148 Å². The normalized spacial score (nSPS) is 14.5. The molecule has 0 aliphatic heterocycles. The first-order chi connectivity index (χ1) is 15.7. The second-order valence-electron chi connectivity index (χ2n) is 9.46. The number of rotatable bonds is 26. The van der Waals surface area contributed by atoms with Gasteiger partial charge in [-0.1, -0.05) is 117 Å². The molecule has 0 amide bonds. The van der Waals surface area contributed by atoms with E-state index < -0.39 is 6.10 Å². The van der Waals surface area contributed by atoms with Gasteiger partial charge in [0.1, 0.15) is 6.10 Å². The summed E-state index contributed by atoms with van der Waals surface area (Å²) in [4.78, 5) is 0. The zero-order valence-electron chi connectivity index (χ0n) is 21.4. The Balaban J connectivity index is 3.71. The molecular weight excluding hydrogens is 404 g/mol. The lowest BCUT2D eigenvalue weighted by molar-refractivity contribution is -0.0817. The van der Waals surface area contributed by atoms with Crippen molar-refractivity contribution >= 4 is 0 Å². The molecule has 0 saturated carbocycles. The average molecular weight is 461 g/mol. The summed E-state index contributed by atoms with van der Waals surface area (Å²) in [6.45, 7) is 4.78. The molecule has 0 spiro atoms. The third-order valence-electron chi connectivity index (χ3n) is 6.22. The fourth-order valence-electron chi connectivity index (χ4n) is 4.01. The molecule has 3 N–H and O–H groups in total. The van der Waals surface area contributed by atoms with E-state index in [1.807, 2.05) is 0 Å². The maximum atomic E-state index is 10.1. The van der Waals surface area contributed by atoms with Crippen LogP contribution in [0.3, 0.4) is 0 Å². The van der Waals surface area contributed by atoms with Gasteiger partial charge in [-0.2, -0.15) is 0 Å². The van der Waals surface area contributed by atoms with Crippen molar-refractivity contribution in [1.82, 2.24) is 0 Å². The summed E-state index contributed by atoms with van der Waals surface area (Å²) in [6.07, 6.45) is 20.6. The van der Waals surface area contributed by atoms with E-state index >= 15 is 0 Å². The Kier molecular flexibility index (Phi) is 25.3. The zero-order chi connectivity index (χ0) is 23.7. The van der Waals surface area contributed by atoms with Gasteiger partial charge >= 0.3 is 0 Å². The van der Waals surface area contributed by atoms with Crippen molar-refractivity contribution in [3.05, 3.63) is 0 Å². The van der Waals surface area contributed by atoms with Crippen LogP contribution in [0.5, 0.6) is 0 Å².